The van der Waals surface area contributed by atoms with Crippen molar-refractivity contribution in [2.24, 2.45) is 5.92 Å². The largest absolute Gasteiger partial charge is 0.348 e. The van der Waals surface area contributed by atoms with E-state index in [4.69, 9.17) is 9.47 Å². The summed E-state index contributed by atoms with van der Waals surface area (Å²) in [5, 5.41) is 0. The summed E-state index contributed by atoms with van der Waals surface area (Å²) in [6, 6.07) is 5.64. The van der Waals surface area contributed by atoms with E-state index in [2.05, 4.69) is 6.07 Å². The first kappa shape index (κ1) is 11.7. The summed E-state index contributed by atoms with van der Waals surface area (Å²) in [5.74, 6) is 0.709. The van der Waals surface area contributed by atoms with Gasteiger partial charge >= 0.3 is 0 Å². The summed E-state index contributed by atoms with van der Waals surface area (Å²) >= 11 is 0. The fourth-order valence-electron chi connectivity index (χ4n) is 5.29. The molecule has 0 aromatic heterocycles. The van der Waals surface area contributed by atoms with E-state index >= 15 is 0 Å². The van der Waals surface area contributed by atoms with Crippen molar-refractivity contribution in [3.05, 3.63) is 35.1 Å². The molecule has 5 rings (SSSR count). The number of ether oxygens (including phenoxy) is 2. The summed E-state index contributed by atoms with van der Waals surface area (Å²) < 4.78 is 26.1. The molecule has 0 N–H and O–H groups in total. The molecule has 4 aliphatic rings. The van der Waals surface area contributed by atoms with Crippen LogP contribution in [0.4, 0.5) is 4.39 Å². The van der Waals surface area contributed by atoms with Gasteiger partial charge in [-0.3, -0.25) is 0 Å². The maximum Gasteiger partial charge on any atom is 0.169 e. The summed E-state index contributed by atoms with van der Waals surface area (Å²) in [6.07, 6.45) is 5.37. The molecule has 3 atom stereocenters. The van der Waals surface area contributed by atoms with Crippen molar-refractivity contribution >= 4 is 0 Å². The van der Waals surface area contributed by atoms with Crippen molar-refractivity contribution < 1.29 is 13.9 Å². The van der Waals surface area contributed by atoms with Crippen molar-refractivity contribution in [1.82, 2.24) is 0 Å². The van der Waals surface area contributed by atoms with E-state index in [0.29, 0.717) is 25.0 Å². The maximum atomic E-state index is 14.2. The van der Waals surface area contributed by atoms with Gasteiger partial charge in [-0.05, 0) is 48.3 Å². The molecule has 2 saturated carbocycles. The van der Waals surface area contributed by atoms with E-state index in [1.165, 1.54) is 12.0 Å². The minimum absolute atomic E-state index is 0.000225. The molecule has 1 saturated heterocycles. The standard InChI is InChI=1S/C17H19FO2/c18-14-4-1-3-12-15(14)11-9-13(11)16(12)5-2-6-17(10-16)19-7-8-20-17/h1,3-4,11,13H,2,5-10H2. The van der Waals surface area contributed by atoms with Crippen LogP contribution in [-0.2, 0) is 14.9 Å². The van der Waals surface area contributed by atoms with Gasteiger partial charge in [-0.25, -0.2) is 4.39 Å². The normalized spacial score (nSPS) is 40.0. The Morgan fingerprint density at radius 3 is 2.85 bits per heavy atom. The highest BCUT2D eigenvalue weighted by Crippen LogP contribution is 2.71. The van der Waals surface area contributed by atoms with Crippen molar-refractivity contribution in [3.63, 3.8) is 0 Å². The molecule has 1 aliphatic heterocycles. The Hall–Kier alpha value is -0.930. The predicted molar refractivity (Wildman–Crippen MR) is 72.0 cm³/mol. The monoisotopic (exact) mass is 274 g/mol. The van der Waals surface area contributed by atoms with Gasteiger partial charge in [-0.2, -0.15) is 0 Å². The Labute approximate surface area is 118 Å². The molecule has 3 unspecified atom stereocenters. The van der Waals surface area contributed by atoms with E-state index < -0.39 is 0 Å². The Morgan fingerprint density at radius 1 is 1.15 bits per heavy atom. The molecular weight excluding hydrogens is 255 g/mol. The third-order valence-electron chi connectivity index (χ3n) is 6.04. The van der Waals surface area contributed by atoms with Gasteiger partial charge in [0.1, 0.15) is 5.82 Å². The lowest BCUT2D eigenvalue weighted by atomic mass is 9.65. The zero-order chi connectivity index (χ0) is 13.4. The summed E-state index contributed by atoms with van der Waals surface area (Å²) in [4.78, 5) is 0. The van der Waals surface area contributed by atoms with Crippen LogP contribution in [0.3, 0.4) is 0 Å². The van der Waals surface area contributed by atoms with Crippen LogP contribution in [-0.4, -0.2) is 19.0 Å². The van der Waals surface area contributed by atoms with Crippen LogP contribution in [0, 0.1) is 11.7 Å². The fraction of sp³-hybridized carbons (Fsp3) is 0.647. The van der Waals surface area contributed by atoms with Gasteiger partial charge in [0, 0.05) is 18.3 Å². The highest BCUT2D eigenvalue weighted by molar-refractivity contribution is 5.50. The smallest absolute Gasteiger partial charge is 0.169 e. The van der Waals surface area contributed by atoms with Gasteiger partial charge in [-0.15, -0.1) is 0 Å². The summed E-state index contributed by atoms with van der Waals surface area (Å²) in [7, 11) is 0. The second kappa shape index (κ2) is 3.63. The molecule has 3 heteroatoms. The molecule has 1 heterocycles. The Bertz CT molecular complexity index is 578. The third kappa shape index (κ3) is 1.31. The van der Waals surface area contributed by atoms with Crippen LogP contribution < -0.4 is 0 Å². The predicted octanol–water partition coefficient (Wildman–Crippen LogP) is 3.50. The number of hydrogen-bond acceptors (Lipinski definition) is 2. The first-order valence-corrected chi connectivity index (χ1v) is 7.81. The summed E-state index contributed by atoms with van der Waals surface area (Å²) in [5.41, 5.74) is 2.38. The number of hydrogen-bond donors (Lipinski definition) is 0. The van der Waals surface area contributed by atoms with E-state index in [-0.39, 0.29) is 17.0 Å². The van der Waals surface area contributed by atoms with Gasteiger partial charge < -0.3 is 9.47 Å². The van der Waals surface area contributed by atoms with Crippen molar-refractivity contribution in [3.8, 4) is 0 Å². The van der Waals surface area contributed by atoms with Crippen LogP contribution in [0.15, 0.2) is 18.2 Å². The molecular formula is C17H19FO2. The van der Waals surface area contributed by atoms with Gasteiger partial charge in [0.15, 0.2) is 5.79 Å². The molecule has 0 radical (unpaired) electrons. The van der Waals surface area contributed by atoms with Crippen LogP contribution in [0.2, 0.25) is 0 Å². The SMILES string of the molecule is Fc1cccc2c1C1CC1C21CCCC2(C1)OCCO2. The molecule has 1 aromatic carbocycles. The van der Waals surface area contributed by atoms with Gasteiger partial charge in [0.2, 0.25) is 0 Å². The zero-order valence-corrected chi connectivity index (χ0v) is 11.5. The molecule has 0 amide bonds. The number of rotatable bonds is 0. The van der Waals surface area contributed by atoms with E-state index in [1.54, 1.807) is 6.07 Å². The minimum atomic E-state index is -0.376. The fourth-order valence-corrected chi connectivity index (χ4v) is 5.29. The van der Waals surface area contributed by atoms with Crippen LogP contribution in [0.1, 0.15) is 49.1 Å². The van der Waals surface area contributed by atoms with Gasteiger partial charge in [-0.1, -0.05) is 12.1 Å². The third-order valence-corrected chi connectivity index (χ3v) is 6.04. The van der Waals surface area contributed by atoms with Crippen molar-refractivity contribution in [2.45, 2.75) is 49.2 Å². The second-order valence-electron chi connectivity index (χ2n) is 6.94. The molecule has 2 nitrogen and oxygen atoms in total. The second-order valence-corrected chi connectivity index (χ2v) is 6.94. The quantitative estimate of drug-likeness (QED) is 0.721. The lowest BCUT2D eigenvalue weighted by molar-refractivity contribution is -0.193. The number of benzene rings is 1. The molecule has 106 valence electrons. The molecule has 1 aromatic rings. The first-order chi connectivity index (χ1) is 9.74. The number of halogens is 1. The average Bonchev–Trinajstić information content (AvgIpc) is 3.07. The topological polar surface area (TPSA) is 18.5 Å². The first-order valence-electron chi connectivity index (χ1n) is 7.81. The molecule has 0 bridgehead atoms. The highest BCUT2D eigenvalue weighted by atomic mass is 19.1. The van der Waals surface area contributed by atoms with E-state index in [0.717, 1.165) is 31.2 Å². The van der Waals surface area contributed by atoms with E-state index in [9.17, 15) is 4.39 Å². The Balaban J connectivity index is 1.63. The lowest BCUT2D eigenvalue weighted by Crippen LogP contribution is -2.45. The number of fused-ring (bicyclic) bond motifs is 5. The molecule has 3 fully saturated rings. The van der Waals surface area contributed by atoms with Crippen LogP contribution >= 0.6 is 0 Å². The van der Waals surface area contributed by atoms with Crippen LogP contribution in [0.25, 0.3) is 0 Å². The van der Waals surface area contributed by atoms with E-state index in [1.807, 2.05) is 6.07 Å². The average molecular weight is 274 g/mol. The minimum Gasteiger partial charge on any atom is -0.348 e. The molecule has 3 aliphatic carbocycles. The molecule has 2 spiro atoms. The highest BCUT2D eigenvalue weighted by Gasteiger charge is 2.65. The maximum absolute atomic E-state index is 14.2. The van der Waals surface area contributed by atoms with Gasteiger partial charge in [0.05, 0.1) is 13.2 Å². The lowest BCUT2D eigenvalue weighted by Gasteiger charge is -2.45. The zero-order valence-electron chi connectivity index (χ0n) is 11.5. The van der Waals surface area contributed by atoms with Crippen LogP contribution in [0.5, 0.6) is 0 Å². The molecule has 20 heavy (non-hydrogen) atoms. The van der Waals surface area contributed by atoms with Crippen molar-refractivity contribution in [1.29, 1.82) is 0 Å². The van der Waals surface area contributed by atoms with Gasteiger partial charge in [0.25, 0.3) is 0 Å². The van der Waals surface area contributed by atoms with Crippen molar-refractivity contribution in [2.75, 3.05) is 13.2 Å². The summed E-state index contributed by atoms with van der Waals surface area (Å²) in [6.45, 7) is 1.42. The Morgan fingerprint density at radius 2 is 2.00 bits per heavy atom. The Kier molecular flexibility index (Phi) is 2.13.